The number of anilines is 2. The Balaban J connectivity index is 1.81. The third-order valence-electron chi connectivity index (χ3n) is 3.24. The molecule has 1 amide bonds. The quantitative estimate of drug-likeness (QED) is 0.794. The molecule has 1 fully saturated rings. The number of hydrogen-bond acceptors (Lipinski definition) is 3. The Morgan fingerprint density at radius 1 is 1.32 bits per heavy atom. The van der Waals surface area contributed by atoms with Gasteiger partial charge in [0.25, 0.3) is 0 Å². The van der Waals surface area contributed by atoms with Crippen molar-refractivity contribution < 1.29 is 9.53 Å². The van der Waals surface area contributed by atoms with Crippen molar-refractivity contribution in [2.24, 2.45) is 5.92 Å². The Kier molecular flexibility index (Phi) is 4.80. The van der Waals surface area contributed by atoms with Gasteiger partial charge < -0.3 is 15.4 Å². The summed E-state index contributed by atoms with van der Waals surface area (Å²) in [6.45, 7) is 2.30. The number of nitrogens with one attached hydrogen (secondary N) is 2. The van der Waals surface area contributed by atoms with E-state index in [-0.39, 0.29) is 12.5 Å². The van der Waals surface area contributed by atoms with Gasteiger partial charge in [0.05, 0.1) is 0 Å². The summed E-state index contributed by atoms with van der Waals surface area (Å²) < 4.78 is 4.77. The first-order valence-electron chi connectivity index (χ1n) is 6.82. The maximum absolute atomic E-state index is 11.4. The van der Waals surface area contributed by atoms with Crippen molar-refractivity contribution in [3.63, 3.8) is 0 Å². The van der Waals surface area contributed by atoms with E-state index in [9.17, 15) is 4.79 Å². The Bertz CT molecular complexity index is 413. The highest BCUT2D eigenvalue weighted by molar-refractivity contribution is 5.91. The fourth-order valence-corrected chi connectivity index (χ4v) is 2.17. The average Bonchev–Trinajstić information content (AvgIpc) is 3.16. The van der Waals surface area contributed by atoms with Crippen molar-refractivity contribution in [1.29, 1.82) is 0 Å². The molecule has 1 atom stereocenters. The maximum atomic E-state index is 11.4. The van der Waals surface area contributed by atoms with E-state index in [4.69, 9.17) is 4.74 Å². The van der Waals surface area contributed by atoms with Crippen molar-refractivity contribution in [3.05, 3.63) is 24.3 Å². The van der Waals surface area contributed by atoms with Gasteiger partial charge in [-0.3, -0.25) is 4.79 Å². The molecule has 0 heterocycles. The molecule has 4 heteroatoms. The van der Waals surface area contributed by atoms with Crippen LogP contribution in [-0.2, 0) is 9.53 Å². The molecule has 1 unspecified atom stereocenters. The number of rotatable bonds is 7. The van der Waals surface area contributed by atoms with Crippen molar-refractivity contribution in [3.8, 4) is 0 Å². The van der Waals surface area contributed by atoms with E-state index >= 15 is 0 Å². The summed E-state index contributed by atoms with van der Waals surface area (Å²) in [5, 5.41) is 6.26. The number of hydrogen-bond donors (Lipinski definition) is 2. The van der Waals surface area contributed by atoms with Gasteiger partial charge in [-0.1, -0.05) is 12.8 Å². The molecule has 104 valence electrons. The monoisotopic (exact) mass is 262 g/mol. The van der Waals surface area contributed by atoms with Crippen molar-refractivity contribution in [2.45, 2.75) is 32.2 Å². The van der Waals surface area contributed by atoms with Crippen LogP contribution >= 0.6 is 0 Å². The van der Waals surface area contributed by atoms with Crippen molar-refractivity contribution in [2.75, 3.05) is 24.4 Å². The Hall–Kier alpha value is -1.55. The second kappa shape index (κ2) is 6.57. The zero-order chi connectivity index (χ0) is 13.7. The zero-order valence-electron chi connectivity index (χ0n) is 11.6. The second-order valence-corrected chi connectivity index (χ2v) is 5.28. The molecule has 1 aliphatic rings. The number of benzene rings is 1. The van der Waals surface area contributed by atoms with Crippen LogP contribution in [0.3, 0.4) is 0 Å². The molecule has 0 saturated heterocycles. The standard InChI is InChI=1S/C15H22N2O2/c1-11(9-12-3-4-12)16-13-5-7-14(8-6-13)17-15(18)10-19-2/h5-8,11-12,16H,3-4,9-10H2,1-2H3,(H,17,18). The summed E-state index contributed by atoms with van der Waals surface area (Å²) in [6.07, 6.45) is 4.01. The van der Waals surface area contributed by atoms with Crippen molar-refractivity contribution in [1.82, 2.24) is 0 Å². The third kappa shape index (κ3) is 4.91. The number of amides is 1. The Labute approximate surface area is 114 Å². The van der Waals surface area contributed by atoms with E-state index in [0.717, 1.165) is 17.3 Å². The summed E-state index contributed by atoms with van der Waals surface area (Å²) in [7, 11) is 1.51. The highest BCUT2D eigenvalue weighted by Crippen LogP contribution is 2.34. The fraction of sp³-hybridized carbons (Fsp3) is 0.533. The lowest BCUT2D eigenvalue weighted by atomic mass is 10.1. The molecule has 1 aromatic carbocycles. The van der Waals surface area contributed by atoms with E-state index in [1.165, 1.54) is 26.4 Å². The van der Waals surface area contributed by atoms with Gasteiger partial charge in [0.15, 0.2) is 0 Å². The van der Waals surface area contributed by atoms with E-state index in [1.54, 1.807) is 0 Å². The summed E-state index contributed by atoms with van der Waals surface area (Å²) in [5.74, 6) is 0.792. The number of ether oxygens (including phenoxy) is 1. The van der Waals surface area contributed by atoms with Gasteiger partial charge >= 0.3 is 0 Å². The SMILES string of the molecule is COCC(=O)Nc1ccc(NC(C)CC2CC2)cc1. The number of carbonyl (C=O) groups excluding carboxylic acids is 1. The van der Waals surface area contributed by atoms with Crippen LogP contribution < -0.4 is 10.6 Å². The number of carbonyl (C=O) groups is 1. The molecular weight excluding hydrogens is 240 g/mol. The first-order valence-corrected chi connectivity index (χ1v) is 6.82. The molecule has 4 nitrogen and oxygen atoms in total. The molecule has 2 rings (SSSR count). The van der Waals surface area contributed by atoms with Crippen LogP contribution in [0.25, 0.3) is 0 Å². The second-order valence-electron chi connectivity index (χ2n) is 5.28. The highest BCUT2D eigenvalue weighted by Gasteiger charge is 2.23. The summed E-state index contributed by atoms with van der Waals surface area (Å²) in [4.78, 5) is 11.4. The van der Waals surface area contributed by atoms with Gasteiger partial charge in [-0.25, -0.2) is 0 Å². The summed E-state index contributed by atoms with van der Waals surface area (Å²) >= 11 is 0. The van der Waals surface area contributed by atoms with E-state index < -0.39 is 0 Å². The topological polar surface area (TPSA) is 50.4 Å². The van der Waals surface area contributed by atoms with Crippen LogP contribution in [0.2, 0.25) is 0 Å². The summed E-state index contributed by atoms with van der Waals surface area (Å²) in [6, 6.07) is 8.29. The lowest BCUT2D eigenvalue weighted by molar-refractivity contribution is -0.119. The smallest absolute Gasteiger partial charge is 0.250 e. The largest absolute Gasteiger partial charge is 0.383 e. The van der Waals surface area contributed by atoms with Gasteiger partial charge in [-0.05, 0) is 43.5 Å². The minimum Gasteiger partial charge on any atom is -0.383 e. The molecule has 2 N–H and O–H groups in total. The minimum absolute atomic E-state index is 0.0818. The van der Waals surface area contributed by atoms with Crippen LogP contribution in [0.15, 0.2) is 24.3 Å². The normalized spacial score (nSPS) is 15.9. The molecule has 1 aliphatic carbocycles. The predicted molar refractivity (Wildman–Crippen MR) is 77.4 cm³/mol. The molecule has 19 heavy (non-hydrogen) atoms. The van der Waals surface area contributed by atoms with Gasteiger partial charge in [0.2, 0.25) is 5.91 Å². The van der Waals surface area contributed by atoms with E-state index in [2.05, 4.69) is 17.6 Å². The van der Waals surface area contributed by atoms with E-state index in [1.807, 2.05) is 24.3 Å². The molecule has 0 radical (unpaired) electrons. The van der Waals surface area contributed by atoms with Crippen LogP contribution in [0.1, 0.15) is 26.2 Å². The van der Waals surface area contributed by atoms with E-state index in [0.29, 0.717) is 6.04 Å². The molecule has 0 bridgehead atoms. The summed E-state index contributed by atoms with van der Waals surface area (Å²) in [5.41, 5.74) is 1.89. The Morgan fingerprint density at radius 2 is 1.95 bits per heavy atom. The molecule has 0 spiro atoms. The van der Waals surface area contributed by atoms with Crippen LogP contribution in [-0.4, -0.2) is 25.7 Å². The lowest BCUT2D eigenvalue weighted by Gasteiger charge is -2.15. The molecular formula is C15H22N2O2. The predicted octanol–water partition coefficient (Wildman–Crippen LogP) is 2.87. The van der Waals surface area contributed by atoms with Crippen LogP contribution in [0.4, 0.5) is 11.4 Å². The molecule has 0 aromatic heterocycles. The zero-order valence-corrected chi connectivity index (χ0v) is 11.6. The molecule has 0 aliphatic heterocycles. The first-order chi connectivity index (χ1) is 9.17. The highest BCUT2D eigenvalue weighted by atomic mass is 16.5. The first kappa shape index (κ1) is 13.9. The average molecular weight is 262 g/mol. The van der Waals surface area contributed by atoms with Crippen LogP contribution in [0, 0.1) is 5.92 Å². The molecule has 1 aromatic rings. The van der Waals surface area contributed by atoms with Crippen LogP contribution in [0.5, 0.6) is 0 Å². The Morgan fingerprint density at radius 3 is 2.53 bits per heavy atom. The number of methoxy groups -OCH3 is 1. The maximum Gasteiger partial charge on any atom is 0.250 e. The van der Waals surface area contributed by atoms with Gasteiger partial charge in [0, 0.05) is 24.5 Å². The fourth-order valence-electron chi connectivity index (χ4n) is 2.17. The van der Waals surface area contributed by atoms with Crippen molar-refractivity contribution >= 4 is 17.3 Å². The molecule has 1 saturated carbocycles. The van der Waals surface area contributed by atoms with Gasteiger partial charge in [-0.2, -0.15) is 0 Å². The third-order valence-corrected chi connectivity index (χ3v) is 3.24. The lowest BCUT2D eigenvalue weighted by Crippen LogP contribution is -2.17. The van der Waals surface area contributed by atoms with Gasteiger partial charge in [-0.15, -0.1) is 0 Å². The van der Waals surface area contributed by atoms with Gasteiger partial charge in [0.1, 0.15) is 6.61 Å². The minimum atomic E-state index is -0.134.